The maximum absolute atomic E-state index is 13.7. The molecule has 3 fully saturated rings. The molecule has 0 bridgehead atoms. The molecule has 7 nitrogen and oxygen atoms in total. The van der Waals surface area contributed by atoms with Gasteiger partial charge in [-0.1, -0.05) is 0 Å². The van der Waals surface area contributed by atoms with Crippen molar-refractivity contribution in [2.75, 3.05) is 25.0 Å². The first-order valence-corrected chi connectivity index (χ1v) is 12.8. The molecule has 5 rings (SSSR count). The Bertz CT molecular complexity index is 1250. The van der Waals surface area contributed by atoms with E-state index in [-0.39, 0.29) is 30.1 Å². The Morgan fingerprint density at radius 1 is 1.08 bits per heavy atom. The smallest absolute Gasteiger partial charge is 0.416 e. The van der Waals surface area contributed by atoms with E-state index >= 15 is 0 Å². The lowest BCUT2D eigenvalue weighted by atomic mass is 9.85. The fraction of sp³-hybridized carbons (Fsp3) is 0.481. The highest BCUT2D eigenvalue weighted by Crippen LogP contribution is 2.47. The number of benzene rings is 2. The molecule has 2 atom stereocenters. The predicted molar refractivity (Wildman–Crippen MR) is 130 cm³/mol. The second kappa shape index (κ2) is 10.4. The van der Waals surface area contributed by atoms with Crippen molar-refractivity contribution in [2.45, 2.75) is 56.1 Å². The van der Waals surface area contributed by atoms with Gasteiger partial charge in [0.25, 0.3) is 5.91 Å². The molecule has 2 aliphatic heterocycles. The Hall–Kier alpha value is -3.25. The molecule has 1 amide bonds. The van der Waals surface area contributed by atoms with Crippen LogP contribution >= 0.6 is 0 Å². The van der Waals surface area contributed by atoms with Crippen LogP contribution in [0.4, 0.5) is 27.6 Å². The molecule has 0 aromatic heterocycles. The van der Waals surface area contributed by atoms with Crippen molar-refractivity contribution in [3.63, 3.8) is 0 Å². The Morgan fingerprint density at radius 2 is 1.82 bits per heavy atom. The van der Waals surface area contributed by atoms with E-state index in [2.05, 4.69) is 15.5 Å². The first kappa shape index (κ1) is 27.3. The molecule has 0 radical (unpaired) electrons. The van der Waals surface area contributed by atoms with Gasteiger partial charge in [0, 0.05) is 31.4 Å². The minimum absolute atomic E-state index is 0.0195. The largest absolute Gasteiger partial charge is 0.478 e. The van der Waals surface area contributed by atoms with E-state index in [1.165, 1.54) is 12.1 Å². The summed E-state index contributed by atoms with van der Waals surface area (Å²) in [7, 11) is 0. The summed E-state index contributed by atoms with van der Waals surface area (Å²) in [6.07, 6.45) is -1.90. The molecule has 3 aliphatic rings. The molecule has 2 aromatic carbocycles. The molecule has 39 heavy (non-hydrogen) atoms. The summed E-state index contributed by atoms with van der Waals surface area (Å²) in [5, 5.41) is 15.0. The monoisotopic (exact) mass is 553 g/mol. The number of ether oxygens (including phenoxy) is 1. The quantitative estimate of drug-likeness (QED) is 0.420. The maximum atomic E-state index is 13.7. The van der Waals surface area contributed by atoms with Crippen molar-refractivity contribution < 1.29 is 41.4 Å². The Balaban J connectivity index is 1.14. The summed E-state index contributed by atoms with van der Waals surface area (Å²) in [4.78, 5) is 26.6. The molecule has 1 aliphatic carbocycles. The number of nitrogens with zero attached hydrogens (tertiary/aromatic N) is 1. The number of hydrogen-bond donors (Lipinski definition) is 3. The van der Waals surface area contributed by atoms with Gasteiger partial charge in [0.1, 0.15) is 17.2 Å². The number of nitrogens with one attached hydrogen (secondary N) is 2. The van der Waals surface area contributed by atoms with Crippen molar-refractivity contribution in [3.8, 4) is 0 Å². The number of amides is 1. The normalized spacial score (nSPS) is 24.2. The van der Waals surface area contributed by atoms with Crippen LogP contribution in [0.25, 0.3) is 0 Å². The number of carboxylic acids is 1. The molecule has 1 saturated carbocycles. The number of halogens is 5. The van der Waals surface area contributed by atoms with Crippen LogP contribution in [0.3, 0.4) is 0 Å². The highest BCUT2D eigenvalue weighted by atomic mass is 19.4. The van der Waals surface area contributed by atoms with Crippen LogP contribution in [0.2, 0.25) is 0 Å². The van der Waals surface area contributed by atoms with Gasteiger partial charge in [-0.3, -0.25) is 9.69 Å². The van der Waals surface area contributed by atoms with Crippen LogP contribution in [0.5, 0.6) is 0 Å². The highest BCUT2D eigenvalue weighted by molar-refractivity contribution is 5.89. The second-order valence-corrected chi connectivity index (χ2v) is 10.5. The minimum atomic E-state index is -4.69. The lowest BCUT2D eigenvalue weighted by Crippen LogP contribution is -2.63. The molecule has 210 valence electrons. The van der Waals surface area contributed by atoms with E-state index in [1.807, 2.05) is 0 Å². The van der Waals surface area contributed by atoms with Gasteiger partial charge in [0.15, 0.2) is 0 Å². The number of alkyl halides is 3. The van der Waals surface area contributed by atoms with Gasteiger partial charge in [-0.2, -0.15) is 13.2 Å². The van der Waals surface area contributed by atoms with Crippen LogP contribution in [0.1, 0.15) is 47.2 Å². The average molecular weight is 554 g/mol. The van der Waals surface area contributed by atoms with Gasteiger partial charge in [-0.05, 0) is 73.6 Å². The van der Waals surface area contributed by atoms with Crippen molar-refractivity contribution in [1.82, 2.24) is 10.2 Å². The van der Waals surface area contributed by atoms with E-state index in [9.17, 15) is 31.5 Å². The van der Waals surface area contributed by atoms with Crippen LogP contribution < -0.4 is 10.6 Å². The van der Waals surface area contributed by atoms with Gasteiger partial charge in [-0.15, -0.1) is 0 Å². The summed E-state index contributed by atoms with van der Waals surface area (Å²) in [5.41, 5.74) is -2.02. The van der Waals surface area contributed by atoms with E-state index in [1.54, 1.807) is 0 Å². The summed E-state index contributed by atoms with van der Waals surface area (Å²) in [6, 6.07) is 6.21. The molecule has 2 aromatic rings. The average Bonchev–Trinajstić information content (AvgIpc) is 3.71. The number of carbonyl (C=O) groups excluding carboxylic acids is 1. The van der Waals surface area contributed by atoms with Crippen LogP contribution in [-0.2, 0) is 22.3 Å². The fourth-order valence-electron chi connectivity index (χ4n) is 5.47. The predicted octanol–water partition coefficient (Wildman–Crippen LogP) is 4.42. The summed E-state index contributed by atoms with van der Waals surface area (Å²) < 4.78 is 72.6. The van der Waals surface area contributed by atoms with Gasteiger partial charge < -0.3 is 20.5 Å². The Morgan fingerprint density at radius 3 is 2.44 bits per heavy atom. The van der Waals surface area contributed by atoms with Gasteiger partial charge in [0.2, 0.25) is 0 Å². The van der Waals surface area contributed by atoms with Crippen molar-refractivity contribution in [1.29, 1.82) is 0 Å². The molecule has 0 unspecified atom stereocenters. The lowest BCUT2D eigenvalue weighted by Gasteiger charge is -2.49. The van der Waals surface area contributed by atoms with Gasteiger partial charge >= 0.3 is 12.1 Å². The third-order valence-corrected chi connectivity index (χ3v) is 7.74. The number of aromatic carboxylic acids is 1. The number of hydrogen-bond acceptors (Lipinski definition) is 5. The number of anilines is 1. The van der Waals surface area contributed by atoms with E-state index in [0.717, 1.165) is 31.0 Å². The Labute approximate surface area is 221 Å². The van der Waals surface area contributed by atoms with Crippen LogP contribution in [0.15, 0.2) is 36.4 Å². The molecule has 12 heteroatoms. The fourth-order valence-corrected chi connectivity index (χ4v) is 5.47. The minimum Gasteiger partial charge on any atom is -0.478 e. The highest BCUT2D eigenvalue weighted by Gasteiger charge is 2.54. The molecular weight excluding hydrogens is 525 g/mol. The summed E-state index contributed by atoms with van der Waals surface area (Å²) in [5.74, 6) is -3.52. The zero-order valence-corrected chi connectivity index (χ0v) is 20.9. The molecule has 2 heterocycles. The third-order valence-electron chi connectivity index (χ3n) is 7.74. The lowest BCUT2D eigenvalue weighted by molar-refractivity contribution is -0.167. The zero-order chi connectivity index (χ0) is 27.9. The number of rotatable bonds is 8. The number of carbonyl (C=O) groups is 2. The maximum Gasteiger partial charge on any atom is 0.416 e. The first-order valence-electron chi connectivity index (χ1n) is 12.8. The third kappa shape index (κ3) is 5.86. The summed E-state index contributed by atoms with van der Waals surface area (Å²) >= 11 is 0. The van der Waals surface area contributed by atoms with Crippen molar-refractivity contribution in [2.24, 2.45) is 5.92 Å². The van der Waals surface area contributed by atoms with Gasteiger partial charge in [0.05, 0.1) is 23.8 Å². The second-order valence-electron chi connectivity index (χ2n) is 10.5. The van der Waals surface area contributed by atoms with E-state index in [0.29, 0.717) is 44.3 Å². The SMILES string of the molecule is O=C(O)c1cc(NC2CN([C@@H]3CC[C@@](C(=O)NCc4cc(F)cc(C(F)(F)F)c4)(C4CC4)OC3)C2)ccc1F. The van der Waals surface area contributed by atoms with Crippen LogP contribution in [-0.4, -0.2) is 59.3 Å². The number of likely N-dealkylation sites (tertiary alicyclic amines) is 1. The zero-order valence-electron chi connectivity index (χ0n) is 20.9. The topological polar surface area (TPSA) is 90.9 Å². The summed E-state index contributed by atoms with van der Waals surface area (Å²) in [6.45, 7) is 1.40. The molecule has 3 N–H and O–H groups in total. The molecule has 2 saturated heterocycles. The van der Waals surface area contributed by atoms with Crippen molar-refractivity contribution >= 4 is 17.6 Å². The Kier molecular flexibility index (Phi) is 7.27. The molecule has 0 spiro atoms. The first-order chi connectivity index (χ1) is 18.4. The number of carboxylic acid groups (broad SMARTS) is 1. The van der Waals surface area contributed by atoms with Gasteiger partial charge in [-0.25, -0.2) is 13.6 Å². The standard InChI is InChI=1S/C27H28F5N3O4/c28-18-8-15(7-17(9-18)27(30,31)32)11-33-25(38)26(16-1-2-16)6-5-21(14-39-26)35-12-20(13-35)34-19-3-4-23(29)22(10-19)24(36)37/h3-4,7-10,16,20-21,34H,1-2,5-6,11-14H2,(H,33,38)(H,36,37)/t21-,26+/m1/s1. The van der Waals surface area contributed by atoms with Crippen LogP contribution in [0, 0.1) is 17.6 Å². The van der Waals surface area contributed by atoms with E-state index < -0.39 is 46.4 Å². The van der Waals surface area contributed by atoms with E-state index in [4.69, 9.17) is 9.84 Å². The molecular formula is C27H28F5N3O4. The van der Waals surface area contributed by atoms with Crippen molar-refractivity contribution in [3.05, 3.63) is 64.7 Å².